The number of amides is 1. The summed E-state index contributed by atoms with van der Waals surface area (Å²) in [6, 6.07) is 15.7. The van der Waals surface area contributed by atoms with Crippen LogP contribution >= 0.6 is 12.4 Å². The van der Waals surface area contributed by atoms with Crippen LogP contribution < -0.4 is 20.1 Å². The van der Waals surface area contributed by atoms with E-state index in [1.54, 1.807) is 14.2 Å². The minimum atomic E-state index is 0. The number of para-hydroxylation sites is 1. The summed E-state index contributed by atoms with van der Waals surface area (Å²) in [4.78, 5) is 14.7. The largest absolute Gasteiger partial charge is 0.497 e. The number of piperazine rings is 1. The first kappa shape index (κ1) is 22.0. The summed E-state index contributed by atoms with van der Waals surface area (Å²) in [6.45, 7) is 3.37. The highest BCUT2D eigenvalue weighted by atomic mass is 35.5. The molecular weight excluding hydrogens is 378 g/mol. The van der Waals surface area contributed by atoms with E-state index in [9.17, 15) is 4.79 Å². The second-order valence-electron chi connectivity index (χ2n) is 6.52. The van der Waals surface area contributed by atoms with Gasteiger partial charge in [0.2, 0.25) is 5.91 Å². The SMILES string of the molecule is COc1ccc(NC(=O)CCN2CCNCC2c2ccccc2OC)cc1.Cl. The molecule has 7 heteroatoms. The molecule has 2 aromatic carbocycles. The topological polar surface area (TPSA) is 62.8 Å². The Kier molecular flexibility index (Phi) is 8.57. The molecule has 6 nitrogen and oxygen atoms in total. The number of rotatable bonds is 7. The Balaban J connectivity index is 0.00000280. The summed E-state index contributed by atoms with van der Waals surface area (Å²) in [7, 11) is 3.32. The maximum Gasteiger partial charge on any atom is 0.225 e. The van der Waals surface area contributed by atoms with E-state index in [4.69, 9.17) is 9.47 Å². The fourth-order valence-electron chi connectivity index (χ4n) is 3.41. The van der Waals surface area contributed by atoms with Crippen LogP contribution in [0.4, 0.5) is 5.69 Å². The van der Waals surface area contributed by atoms with Crippen molar-refractivity contribution in [1.29, 1.82) is 0 Å². The van der Waals surface area contributed by atoms with Crippen LogP contribution in [0.25, 0.3) is 0 Å². The molecule has 1 unspecified atom stereocenters. The van der Waals surface area contributed by atoms with Crippen LogP contribution in [0.15, 0.2) is 48.5 Å². The monoisotopic (exact) mass is 405 g/mol. The van der Waals surface area contributed by atoms with E-state index in [2.05, 4.69) is 21.6 Å². The second-order valence-corrected chi connectivity index (χ2v) is 6.52. The minimum Gasteiger partial charge on any atom is -0.497 e. The van der Waals surface area contributed by atoms with Crippen molar-refractivity contribution in [2.24, 2.45) is 0 Å². The van der Waals surface area contributed by atoms with E-state index in [0.29, 0.717) is 13.0 Å². The van der Waals surface area contributed by atoms with Crippen LogP contribution in [0, 0.1) is 0 Å². The van der Waals surface area contributed by atoms with Crippen molar-refractivity contribution < 1.29 is 14.3 Å². The summed E-state index contributed by atoms with van der Waals surface area (Å²) < 4.78 is 10.7. The van der Waals surface area contributed by atoms with Gasteiger partial charge in [0.25, 0.3) is 0 Å². The molecule has 1 atom stereocenters. The van der Waals surface area contributed by atoms with Crippen molar-refractivity contribution in [1.82, 2.24) is 10.2 Å². The zero-order chi connectivity index (χ0) is 19.1. The molecule has 1 heterocycles. The number of halogens is 1. The molecule has 0 spiro atoms. The molecule has 1 amide bonds. The van der Waals surface area contributed by atoms with Crippen molar-refractivity contribution >= 4 is 24.0 Å². The van der Waals surface area contributed by atoms with Crippen LogP contribution in [0.5, 0.6) is 11.5 Å². The molecular formula is C21H28ClN3O3. The molecule has 152 valence electrons. The number of carbonyl (C=O) groups is 1. The summed E-state index contributed by atoms with van der Waals surface area (Å²) in [5.41, 5.74) is 1.94. The third-order valence-electron chi connectivity index (χ3n) is 4.85. The average Bonchev–Trinajstić information content (AvgIpc) is 2.73. The van der Waals surface area contributed by atoms with E-state index in [1.165, 1.54) is 0 Å². The number of nitrogens with one attached hydrogen (secondary N) is 2. The number of carbonyl (C=O) groups excluding carboxylic acids is 1. The van der Waals surface area contributed by atoms with Gasteiger partial charge in [-0.15, -0.1) is 12.4 Å². The van der Waals surface area contributed by atoms with Crippen LogP contribution in [0.1, 0.15) is 18.0 Å². The number of methoxy groups -OCH3 is 2. The Morgan fingerprint density at radius 2 is 1.89 bits per heavy atom. The van der Waals surface area contributed by atoms with E-state index in [1.807, 2.05) is 42.5 Å². The molecule has 28 heavy (non-hydrogen) atoms. The first-order valence-electron chi connectivity index (χ1n) is 9.23. The fourth-order valence-corrected chi connectivity index (χ4v) is 3.41. The van der Waals surface area contributed by atoms with Gasteiger partial charge in [-0.2, -0.15) is 0 Å². The number of hydrogen-bond donors (Lipinski definition) is 2. The quantitative estimate of drug-likeness (QED) is 0.741. The number of anilines is 1. The molecule has 0 saturated carbocycles. The van der Waals surface area contributed by atoms with Gasteiger partial charge in [-0.1, -0.05) is 18.2 Å². The van der Waals surface area contributed by atoms with Gasteiger partial charge in [0.05, 0.1) is 20.3 Å². The molecule has 1 saturated heterocycles. The lowest BCUT2D eigenvalue weighted by Crippen LogP contribution is -2.46. The lowest BCUT2D eigenvalue weighted by atomic mass is 10.0. The molecule has 0 aromatic heterocycles. The Morgan fingerprint density at radius 3 is 2.61 bits per heavy atom. The van der Waals surface area contributed by atoms with Crippen molar-refractivity contribution in [2.75, 3.05) is 45.7 Å². The van der Waals surface area contributed by atoms with E-state index >= 15 is 0 Å². The first-order chi connectivity index (χ1) is 13.2. The fraction of sp³-hybridized carbons (Fsp3) is 0.381. The molecule has 2 aromatic rings. The normalized spacial score (nSPS) is 16.7. The number of ether oxygens (including phenoxy) is 2. The van der Waals surface area contributed by atoms with E-state index in [-0.39, 0.29) is 24.4 Å². The third-order valence-corrected chi connectivity index (χ3v) is 4.85. The highest BCUT2D eigenvalue weighted by Crippen LogP contribution is 2.30. The summed E-state index contributed by atoms with van der Waals surface area (Å²) in [6.07, 6.45) is 0.442. The van der Waals surface area contributed by atoms with Crippen molar-refractivity contribution in [3.63, 3.8) is 0 Å². The van der Waals surface area contributed by atoms with Crippen LogP contribution in [-0.2, 0) is 4.79 Å². The molecule has 1 aliphatic rings. The van der Waals surface area contributed by atoms with Gasteiger partial charge in [-0.3, -0.25) is 9.69 Å². The summed E-state index contributed by atoms with van der Waals surface area (Å²) >= 11 is 0. The molecule has 0 bridgehead atoms. The molecule has 3 rings (SSSR count). The van der Waals surface area contributed by atoms with E-state index < -0.39 is 0 Å². The van der Waals surface area contributed by atoms with Crippen LogP contribution in [-0.4, -0.2) is 51.2 Å². The summed E-state index contributed by atoms with van der Waals surface area (Å²) in [5.74, 6) is 1.67. The maximum absolute atomic E-state index is 12.4. The Bertz CT molecular complexity index is 755. The maximum atomic E-state index is 12.4. The first-order valence-corrected chi connectivity index (χ1v) is 9.23. The zero-order valence-electron chi connectivity index (χ0n) is 16.3. The second kappa shape index (κ2) is 10.9. The summed E-state index contributed by atoms with van der Waals surface area (Å²) in [5, 5.41) is 6.39. The van der Waals surface area contributed by atoms with Gasteiger partial charge >= 0.3 is 0 Å². The van der Waals surface area contributed by atoms with Gasteiger partial charge < -0.3 is 20.1 Å². The lowest BCUT2D eigenvalue weighted by Gasteiger charge is -2.37. The number of benzene rings is 2. The van der Waals surface area contributed by atoms with Crippen molar-refractivity contribution in [2.45, 2.75) is 12.5 Å². The Morgan fingerprint density at radius 1 is 1.14 bits per heavy atom. The molecule has 1 fully saturated rings. The molecule has 0 radical (unpaired) electrons. The van der Waals surface area contributed by atoms with Crippen molar-refractivity contribution in [3.8, 4) is 11.5 Å². The molecule has 0 aliphatic carbocycles. The molecule has 1 aliphatic heterocycles. The minimum absolute atomic E-state index is 0. The van der Waals surface area contributed by atoms with Gasteiger partial charge in [-0.25, -0.2) is 0 Å². The lowest BCUT2D eigenvalue weighted by molar-refractivity contribution is -0.116. The Hall–Kier alpha value is -2.28. The van der Waals surface area contributed by atoms with E-state index in [0.717, 1.165) is 42.4 Å². The average molecular weight is 406 g/mol. The standard InChI is InChI=1S/C21H27N3O3.ClH/c1-26-17-9-7-16(8-10-17)23-21(25)11-13-24-14-12-22-15-19(24)18-5-3-4-6-20(18)27-2;/h3-10,19,22H,11-15H2,1-2H3,(H,23,25);1H. The zero-order valence-corrected chi connectivity index (χ0v) is 17.1. The van der Waals surface area contributed by atoms with Gasteiger partial charge in [-0.05, 0) is 30.3 Å². The third kappa shape index (κ3) is 5.61. The highest BCUT2D eigenvalue weighted by Gasteiger charge is 2.26. The number of nitrogens with zero attached hydrogens (tertiary/aromatic N) is 1. The van der Waals surface area contributed by atoms with Gasteiger partial charge in [0.15, 0.2) is 0 Å². The van der Waals surface area contributed by atoms with Gasteiger partial charge in [0, 0.05) is 43.9 Å². The van der Waals surface area contributed by atoms with Crippen molar-refractivity contribution in [3.05, 3.63) is 54.1 Å². The predicted octanol–water partition coefficient (Wildman–Crippen LogP) is 3.10. The van der Waals surface area contributed by atoms with Crippen LogP contribution in [0.3, 0.4) is 0 Å². The van der Waals surface area contributed by atoms with Crippen LogP contribution in [0.2, 0.25) is 0 Å². The smallest absolute Gasteiger partial charge is 0.225 e. The Labute approximate surface area is 172 Å². The molecule has 2 N–H and O–H groups in total. The number of hydrogen-bond acceptors (Lipinski definition) is 5. The highest BCUT2D eigenvalue weighted by molar-refractivity contribution is 5.90. The van der Waals surface area contributed by atoms with Gasteiger partial charge in [0.1, 0.15) is 11.5 Å². The predicted molar refractivity (Wildman–Crippen MR) is 114 cm³/mol.